The molecule has 0 saturated heterocycles. The SMILES string of the molecule is CCCOC(=O)CC(=O)c1ccc(CC)cc1CC. The van der Waals surface area contributed by atoms with Gasteiger partial charge in [-0.2, -0.15) is 0 Å². The summed E-state index contributed by atoms with van der Waals surface area (Å²) in [5.74, 6) is -0.589. The first-order valence-electron chi connectivity index (χ1n) is 6.92. The first-order chi connectivity index (χ1) is 9.12. The third kappa shape index (κ3) is 4.51. The number of ether oxygens (including phenoxy) is 1. The largest absolute Gasteiger partial charge is 0.465 e. The number of carbonyl (C=O) groups excluding carboxylic acids is 2. The van der Waals surface area contributed by atoms with E-state index < -0.39 is 5.97 Å². The van der Waals surface area contributed by atoms with E-state index >= 15 is 0 Å². The maximum absolute atomic E-state index is 12.1. The highest BCUT2D eigenvalue weighted by Gasteiger charge is 2.15. The molecule has 1 aromatic carbocycles. The molecule has 0 spiro atoms. The Labute approximate surface area is 115 Å². The van der Waals surface area contributed by atoms with Gasteiger partial charge in [-0.15, -0.1) is 0 Å². The molecule has 0 aliphatic rings. The summed E-state index contributed by atoms with van der Waals surface area (Å²) >= 11 is 0. The Kier molecular flexibility index (Phi) is 6.26. The number of ketones is 1. The number of hydrogen-bond donors (Lipinski definition) is 0. The molecule has 104 valence electrons. The normalized spacial score (nSPS) is 10.3. The summed E-state index contributed by atoms with van der Waals surface area (Å²) in [6.07, 6.45) is 2.34. The molecule has 0 aliphatic heterocycles. The van der Waals surface area contributed by atoms with Crippen molar-refractivity contribution < 1.29 is 14.3 Å². The van der Waals surface area contributed by atoms with Crippen molar-refractivity contribution >= 4 is 11.8 Å². The molecule has 3 nitrogen and oxygen atoms in total. The summed E-state index contributed by atoms with van der Waals surface area (Å²) < 4.78 is 4.94. The zero-order valence-corrected chi connectivity index (χ0v) is 12.0. The van der Waals surface area contributed by atoms with Gasteiger partial charge in [0.1, 0.15) is 6.42 Å². The smallest absolute Gasteiger partial charge is 0.313 e. The van der Waals surface area contributed by atoms with Gasteiger partial charge in [-0.1, -0.05) is 39.0 Å². The molecule has 0 bridgehead atoms. The summed E-state index contributed by atoms with van der Waals surface area (Å²) in [5, 5.41) is 0. The van der Waals surface area contributed by atoms with Crippen LogP contribution in [0.4, 0.5) is 0 Å². The van der Waals surface area contributed by atoms with Crippen molar-refractivity contribution in [2.45, 2.75) is 46.5 Å². The number of carbonyl (C=O) groups is 2. The third-order valence-corrected chi connectivity index (χ3v) is 3.03. The molecular weight excluding hydrogens is 240 g/mol. The standard InChI is InChI=1S/C16H22O3/c1-4-9-19-16(18)11-15(17)14-8-7-12(5-2)10-13(14)6-3/h7-8,10H,4-6,9,11H2,1-3H3. The quantitative estimate of drug-likeness (QED) is 0.430. The van der Waals surface area contributed by atoms with Crippen LogP contribution in [-0.2, 0) is 22.4 Å². The summed E-state index contributed by atoms with van der Waals surface area (Å²) in [7, 11) is 0. The van der Waals surface area contributed by atoms with E-state index in [1.807, 2.05) is 32.0 Å². The first-order valence-corrected chi connectivity index (χ1v) is 6.92. The van der Waals surface area contributed by atoms with Crippen molar-refractivity contribution in [3.8, 4) is 0 Å². The zero-order valence-electron chi connectivity index (χ0n) is 12.0. The van der Waals surface area contributed by atoms with Crippen LogP contribution < -0.4 is 0 Å². The summed E-state index contributed by atoms with van der Waals surface area (Å²) in [6, 6.07) is 5.82. The van der Waals surface area contributed by atoms with Crippen molar-refractivity contribution in [2.75, 3.05) is 6.61 Å². The molecule has 0 radical (unpaired) electrons. The van der Waals surface area contributed by atoms with Crippen LogP contribution >= 0.6 is 0 Å². The van der Waals surface area contributed by atoms with Gasteiger partial charge < -0.3 is 4.74 Å². The minimum atomic E-state index is -0.437. The van der Waals surface area contributed by atoms with Crippen LogP contribution in [0, 0.1) is 0 Å². The number of aryl methyl sites for hydroxylation is 2. The summed E-state index contributed by atoms with van der Waals surface area (Å²) in [5.41, 5.74) is 2.86. The Morgan fingerprint density at radius 3 is 2.42 bits per heavy atom. The highest BCUT2D eigenvalue weighted by Crippen LogP contribution is 2.16. The molecule has 19 heavy (non-hydrogen) atoms. The fourth-order valence-electron chi connectivity index (χ4n) is 1.92. The van der Waals surface area contributed by atoms with Crippen LogP contribution in [0.25, 0.3) is 0 Å². The van der Waals surface area contributed by atoms with E-state index in [2.05, 4.69) is 6.92 Å². The molecule has 0 heterocycles. The Morgan fingerprint density at radius 1 is 1.11 bits per heavy atom. The van der Waals surface area contributed by atoms with Crippen LogP contribution in [0.1, 0.15) is 55.1 Å². The third-order valence-electron chi connectivity index (χ3n) is 3.03. The highest BCUT2D eigenvalue weighted by atomic mass is 16.5. The lowest BCUT2D eigenvalue weighted by molar-refractivity contribution is -0.142. The molecule has 0 fully saturated rings. The molecule has 3 heteroatoms. The number of esters is 1. The van der Waals surface area contributed by atoms with E-state index in [0.29, 0.717) is 12.2 Å². The second-order valence-electron chi connectivity index (χ2n) is 4.52. The van der Waals surface area contributed by atoms with E-state index in [9.17, 15) is 9.59 Å². The molecule has 0 aliphatic carbocycles. The lowest BCUT2D eigenvalue weighted by atomic mass is 9.96. The van der Waals surface area contributed by atoms with Gasteiger partial charge in [0.15, 0.2) is 5.78 Å². The maximum atomic E-state index is 12.1. The van der Waals surface area contributed by atoms with Gasteiger partial charge in [0.2, 0.25) is 0 Å². The van der Waals surface area contributed by atoms with Gasteiger partial charge in [0.25, 0.3) is 0 Å². The Bertz CT molecular complexity index is 449. The monoisotopic (exact) mass is 262 g/mol. The van der Waals surface area contributed by atoms with E-state index in [1.54, 1.807) is 0 Å². The predicted octanol–water partition coefficient (Wildman–Crippen LogP) is 3.34. The lowest BCUT2D eigenvalue weighted by Crippen LogP contribution is -2.13. The van der Waals surface area contributed by atoms with Gasteiger partial charge in [-0.25, -0.2) is 0 Å². The van der Waals surface area contributed by atoms with Crippen LogP contribution in [0.15, 0.2) is 18.2 Å². The van der Waals surface area contributed by atoms with Gasteiger partial charge in [-0.05, 0) is 30.4 Å². The topological polar surface area (TPSA) is 43.4 Å². The van der Waals surface area contributed by atoms with Gasteiger partial charge >= 0.3 is 5.97 Å². The maximum Gasteiger partial charge on any atom is 0.313 e. The molecule has 0 unspecified atom stereocenters. The van der Waals surface area contributed by atoms with Gasteiger partial charge in [0.05, 0.1) is 6.61 Å². The van der Waals surface area contributed by atoms with Crippen molar-refractivity contribution in [2.24, 2.45) is 0 Å². The lowest BCUT2D eigenvalue weighted by Gasteiger charge is -2.09. The van der Waals surface area contributed by atoms with E-state index in [-0.39, 0.29) is 12.2 Å². The number of hydrogen-bond acceptors (Lipinski definition) is 3. The molecule has 1 rings (SSSR count). The Balaban J connectivity index is 2.79. The molecule has 0 N–H and O–H groups in total. The molecule has 1 aromatic rings. The minimum Gasteiger partial charge on any atom is -0.465 e. The zero-order chi connectivity index (χ0) is 14.3. The average Bonchev–Trinajstić information content (AvgIpc) is 2.44. The van der Waals surface area contributed by atoms with Crippen LogP contribution in [0.2, 0.25) is 0 Å². The van der Waals surface area contributed by atoms with Gasteiger partial charge in [-0.3, -0.25) is 9.59 Å². The van der Waals surface area contributed by atoms with E-state index in [4.69, 9.17) is 4.74 Å². The van der Waals surface area contributed by atoms with Crippen molar-refractivity contribution in [3.05, 3.63) is 34.9 Å². The van der Waals surface area contributed by atoms with Crippen molar-refractivity contribution in [1.29, 1.82) is 0 Å². The second-order valence-corrected chi connectivity index (χ2v) is 4.52. The molecular formula is C16H22O3. The number of Topliss-reactive ketones (excluding diaryl/α,β-unsaturated/α-hetero) is 1. The Hall–Kier alpha value is -1.64. The fraction of sp³-hybridized carbons (Fsp3) is 0.500. The number of benzene rings is 1. The molecule has 0 amide bonds. The van der Waals surface area contributed by atoms with Crippen LogP contribution in [-0.4, -0.2) is 18.4 Å². The number of rotatable bonds is 7. The second kappa shape index (κ2) is 7.72. The van der Waals surface area contributed by atoms with Crippen LogP contribution in [0.5, 0.6) is 0 Å². The highest BCUT2D eigenvalue weighted by molar-refractivity contribution is 6.06. The van der Waals surface area contributed by atoms with Crippen molar-refractivity contribution in [3.63, 3.8) is 0 Å². The fourth-order valence-corrected chi connectivity index (χ4v) is 1.92. The van der Waals surface area contributed by atoms with E-state index in [0.717, 1.165) is 24.8 Å². The predicted molar refractivity (Wildman–Crippen MR) is 75.4 cm³/mol. The minimum absolute atomic E-state index is 0.152. The van der Waals surface area contributed by atoms with Crippen LogP contribution in [0.3, 0.4) is 0 Å². The first kappa shape index (κ1) is 15.4. The molecule has 0 aromatic heterocycles. The molecule has 0 saturated carbocycles. The van der Waals surface area contributed by atoms with E-state index in [1.165, 1.54) is 5.56 Å². The summed E-state index contributed by atoms with van der Waals surface area (Å²) in [6.45, 7) is 6.40. The molecule has 0 atom stereocenters. The summed E-state index contributed by atoms with van der Waals surface area (Å²) in [4.78, 5) is 23.6. The Morgan fingerprint density at radius 2 is 1.84 bits per heavy atom. The van der Waals surface area contributed by atoms with Gasteiger partial charge in [0, 0.05) is 5.56 Å². The van der Waals surface area contributed by atoms with Crippen molar-refractivity contribution in [1.82, 2.24) is 0 Å². The average molecular weight is 262 g/mol.